The number of aliphatic carboxylic acids is 1. The van der Waals surface area contributed by atoms with Gasteiger partial charge < -0.3 is 19.7 Å². The van der Waals surface area contributed by atoms with E-state index in [0.29, 0.717) is 5.75 Å². The highest BCUT2D eigenvalue weighted by Gasteiger charge is 2.55. The molecule has 0 bridgehead atoms. The average molecular weight is 342 g/mol. The van der Waals surface area contributed by atoms with Crippen LogP contribution in [0.25, 0.3) is 0 Å². The Balaban J connectivity index is 2.25. The molecule has 0 saturated carbocycles. The maximum Gasteiger partial charge on any atom is 0.336 e. The molecule has 5 nitrogen and oxygen atoms in total. The van der Waals surface area contributed by atoms with Gasteiger partial charge in [0, 0.05) is 35.5 Å². The quantitative estimate of drug-likeness (QED) is 0.871. The predicted molar refractivity (Wildman–Crippen MR) is 87.0 cm³/mol. The number of carboxylic acids is 1. The Labute approximate surface area is 137 Å². The van der Waals surface area contributed by atoms with E-state index in [-0.39, 0.29) is 12.8 Å². The van der Waals surface area contributed by atoms with Crippen molar-refractivity contribution in [2.45, 2.75) is 22.5 Å². The molecule has 1 aromatic carbocycles. The van der Waals surface area contributed by atoms with Gasteiger partial charge in [-0.1, -0.05) is 0 Å². The number of aliphatic hydroxyl groups is 1. The van der Waals surface area contributed by atoms with E-state index < -0.39 is 15.6 Å². The molecule has 1 aliphatic carbocycles. The summed E-state index contributed by atoms with van der Waals surface area (Å²) in [5.41, 5.74) is -0.0792. The maximum absolute atomic E-state index is 11.6. The Kier molecular flexibility index (Phi) is 3.99. The van der Waals surface area contributed by atoms with Gasteiger partial charge >= 0.3 is 5.97 Å². The van der Waals surface area contributed by atoms with Crippen LogP contribution < -0.4 is 9.47 Å². The van der Waals surface area contributed by atoms with Crippen molar-refractivity contribution in [1.82, 2.24) is 0 Å². The van der Waals surface area contributed by atoms with Gasteiger partial charge in [0.1, 0.15) is 11.5 Å². The second-order valence-corrected chi connectivity index (χ2v) is 8.51. The van der Waals surface area contributed by atoms with Crippen LogP contribution >= 0.6 is 23.5 Å². The number of thioether (sulfide) groups is 2. The van der Waals surface area contributed by atoms with Crippen molar-refractivity contribution in [3.05, 3.63) is 23.3 Å². The molecular weight excluding hydrogens is 324 g/mol. The van der Waals surface area contributed by atoms with Gasteiger partial charge in [0.15, 0.2) is 5.60 Å². The van der Waals surface area contributed by atoms with E-state index in [0.717, 1.165) is 28.4 Å². The third-order valence-electron chi connectivity index (χ3n) is 4.20. The minimum Gasteiger partial charge on any atom is -0.496 e. The number of hydrogen-bond acceptors (Lipinski definition) is 6. The first kappa shape index (κ1) is 15.8. The highest BCUT2D eigenvalue weighted by molar-refractivity contribution is 8.20. The molecule has 1 saturated heterocycles. The van der Waals surface area contributed by atoms with Crippen LogP contribution in [0.2, 0.25) is 0 Å². The fourth-order valence-electron chi connectivity index (χ4n) is 3.24. The standard InChI is InChI=1S/C15H18O5S2/c1-19-10-3-4-11(20-2)12-9(10)7-14(18,13(16)17)8-15(12)21-5-6-22-15/h3-4,18H,5-8H2,1-2H3,(H,16,17)/t14-/m0/s1. The number of benzene rings is 1. The lowest BCUT2D eigenvalue weighted by Crippen LogP contribution is -2.49. The fraction of sp³-hybridized carbons (Fsp3) is 0.533. The van der Waals surface area contributed by atoms with E-state index in [1.165, 1.54) is 0 Å². The van der Waals surface area contributed by atoms with Crippen LogP contribution in [-0.2, 0) is 15.3 Å². The van der Waals surface area contributed by atoms with Crippen LogP contribution in [0.1, 0.15) is 17.5 Å². The van der Waals surface area contributed by atoms with Crippen molar-refractivity contribution in [3.8, 4) is 11.5 Å². The minimum absolute atomic E-state index is 0.0287. The summed E-state index contributed by atoms with van der Waals surface area (Å²) in [6.45, 7) is 0. The topological polar surface area (TPSA) is 76.0 Å². The minimum atomic E-state index is -1.78. The molecule has 0 aromatic heterocycles. The average Bonchev–Trinajstić information content (AvgIpc) is 2.94. The Morgan fingerprint density at radius 1 is 1.18 bits per heavy atom. The molecule has 7 heteroatoms. The van der Waals surface area contributed by atoms with Crippen molar-refractivity contribution in [3.63, 3.8) is 0 Å². The van der Waals surface area contributed by atoms with Crippen molar-refractivity contribution in [2.24, 2.45) is 0 Å². The molecule has 3 rings (SSSR count). The third-order valence-corrected chi connectivity index (χ3v) is 7.61. The first-order chi connectivity index (χ1) is 10.5. The Bertz CT molecular complexity index is 612. The van der Waals surface area contributed by atoms with Crippen LogP contribution in [0.5, 0.6) is 11.5 Å². The zero-order valence-electron chi connectivity index (χ0n) is 12.4. The largest absolute Gasteiger partial charge is 0.496 e. The van der Waals surface area contributed by atoms with Crippen LogP contribution in [0.15, 0.2) is 12.1 Å². The molecule has 1 aromatic rings. The van der Waals surface area contributed by atoms with Gasteiger partial charge in [0.05, 0.1) is 18.3 Å². The van der Waals surface area contributed by atoms with Gasteiger partial charge in [-0.3, -0.25) is 0 Å². The molecule has 0 radical (unpaired) electrons. The molecule has 120 valence electrons. The SMILES string of the molecule is COc1ccc(OC)c2c1C[C@@](O)(C(=O)O)CC21SCCS1. The summed E-state index contributed by atoms with van der Waals surface area (Å²) in [5.74, 6) is 1.98. The second-order valence-electron chi connectivity index (χ2n) is 5.46. The van der Waals surface area contributed by atoms with E-state index in [1.54, 1.807) is 43.8 Å². The van der Waals surface area contributed by atoms with Gasteiger partial charge in [0.25, 0.3) is 0 Å². The lowest BCUT2D eigenvalue weighted by atomic mass is 9.78. The lowest BCUT2D eigenvalue weighted by Gasteiger charge is -2.42. The molecule has 2 N–H and O–H groups in total. The monoisotopic (exact) mass is 342 g/mol. The Hall–Kier alpha value is -1.05. The maximum atomic E-state index is 11.6. The second kappa shape index (κ2) is 5.54. The Morgan fingerprint density at radius 3 is 2.32 bits per heavy atom. The molecular formula is C15H18O5S2. The van der Waals surface area contributed by atoms with E-state index in [2.05, 4.69) is 0 Å². The van der Waals surface area contributed by atoms with Crippen molar-refractivity contribution in [2.75, 3.05) is 25.7 Å². The number of methoxy groups -OCH3 is 2. The van der Waals surface area contributed by atoms with Gasteiger partial charge in [-0.05, 0) is 12.1 Å². The normalized spacial score (nSPS) is 25.8. The lowest BCUT2D eigenvalue weighted by molar-refractivity contribution is -0.160. The van der Waals surface area contributed by atoms with E-state index in [9.17, 15) is 15.0 Å². The summed E-state index contributed by atoms with van der Waals surface area (Å²) in [6.07, 6.45) is 0.197. The summed E-state index contributed by atoms with van der Waals surface area (Å²) in [5, 5.41) is 20.2. The first-order valence-electron chi connectivity index (χ1n) is 6.94. The molecule has 1 aliphatic heterocycles. The Morgan fingerprint density at radius 2 is 1.77 bits per heavy atom. The van der Waals surface area contributed by atoms with Crippen LogP contribution in [0.4, 0.5) is 0 Å². The highest BCUT2D eigenvalue weighted by Crippen LogP contribution is 2.62. The van der Waals surface area contributed by atoms with E-state index >= 15 is 0 Å². The summed E-state index contributed by atoms with van der Waals surface area (Å²) >= 11 is 3.36. The molecule has 22 heavy (non-hydrogen) atoms. The number of hydrogen-bond donors (Lipinski definition) is 2. The van der Waals surface area contributed by atoms with Gasteiger partial charge in [-0.2, -0.15) is 0 Å². The number of ether oxygens (including phenoxy) is 2. The van der Waals surface area contributed by atoms with Crippen LogP contribution in [0.3, 0.4) is 0 Å². The first-order valence-corrected chi connectivity index (χ1v) is 8.91. The third kappa shape index (κ3) is 2.26. The molecule has 0 unspecified atom stereocenters. The number of carboxylic acid groups (broad SMARTS) is 1. The predicted octanol–water partition coefficient (Wildman–Crippen LogP) is 2.10. The van der Waals surface area contributed by atoms with Gasteiger partial charge in [-0.15, -0.1) is 23.5 Å². The van der Waals surface area contributed by atoms with Crippen LogP contribution in [0, 0.1) is 0 Å². The molecule has 1 fully saturated rings. The van der Waals surface area contributed by atoms with Crippen molar-refractivity contribution < 1.29 is 24.5 Å². The molecule has 1 heterocycles. The summed E-state index contributed by atoms with van der Waals surface area (Å²) < 4.78 is 10.4. The zero-order chi connectivity index (χ0) is 16.0. The fourth-order valence-corrected chi connectivity index (χ4v) is 6.82. The summed E-state index contributed by atoms with van der Waals surface area (Å²) in [6, 6.07) is 3.62. The van der Waals surface area contributed by atoms with E-state index in [4.69, 9.17) is 9.47 Å². The molecule has 2 aliphatic rings. The van der Waals surface area contributed by atoms with Crippen molar-refractivity contribution in [1.29, 1.82) is 0 Å². The molecule has 1 atom stereocenters. The zero-order valence-corrected chi connectivity index (χ0v) is 14.1. The van der Waals surface area contributed by atoms with Crippen LogP contribution in [-0.4, -0.2) is 47.5 Å². The van der Waals surface area contributed by atoms with Crippen molar-refractivity contribution >= 4 is 29.5 Å². The highest BCUT2D eigenvalue weighted by atomic mass is 32.2. The molecule has 1 spiro atoms. The number of rotatable bonds is 3. The van der Waals surface area contributed by atoms with Gasteiger partial charge in [0.2, 0.25) is 0 Å². The number of fused-ring (bicyclic) bond motifs is 2. The molecule has 0 amide bonds. The summed E-state index contributed by atoms with van der Waals surface area (Å²) in [7, 11) is 3.16. The van der Waals surface area contributed by atoms with Gasteiger partial charge in [-0.25, -0.2) is 4.79 Å². The smallest absolute Gasteiger partial charge is 0.336 e. The summed E-state index contributed by atoms with van der Waals surface area (Å²) in [4.78, 5) is 11.6. The number of carbonyl (C=O) groups is 1. The van der Waals surface area contributed by atoms with E-state index in [1.807, 2.05) is 6.07 Å².